The molecule has 0 unspecified atom stereocenters. The fraction of sp³-hybridized carbons (Fsp3) is 0.600. The largest absolute Gasteiger partial charge is 0.393 e. The Kier molecular flexibility index (Phi) is 7.42. The Balaban J connectivity index is 2.21. The summed E-state index contributed by atoms with van der Waals surface area (Å²) in [5, 5.41) is 13.3. The number of aliphatic hydroxyl groups is 1. The normalized spacial score (nSPS) is 20.9. The van der Waals surface area contributed by atoms with Crippen LogP contribution in [0, 0.1) is 11.3 Å². The first-order valence-electron chi connectivity index (χ1n) is 9.56. The molecule has 0 bridgehead atoms. The summed E-state index contributed by atoms with van der Waals surface area (Å²) in [6, 6.07) is 3.63. The first kappa shape index (κ1) is 24.4. The Morgan fingerprint density at radius 1 is 1.30 bits per heavy atom. The molecule has 10 heteroatoms. The Morgan fingerprint density at radius 3 is 2.47 bits per heavy atom. The van der Waals surface area contributed by atoms with Gasteiger partial charge in [0.25, 0.3) is 5.91 Å². The number of benzene rings is 1. The van der Waals surface area contributed by atoms with E-state index in [1.165, 1.54) is 0 Å². The molecule has 30 heavy (non-hydrogen) atoms. The molecule has 1 heterocycles. The number of likely N-dealkylation sites (tertiary alicyclic amines) is 1. The van der Waals surface area contributed by atoms with Crippen LogP contribution in [0.1, 0.15) is 38.3 Å². The maximum absolute atomic E-state index is 13.3. The summed E-state index contributed by atoms with van der Waals surface area (Å²) in [7, 11) is 0. The van der Waals surface area contributed by atoms with E-state index in [1.807, 2.05) is 0 Å². The molecule has 168 valence electrons. The molecule has 1 aromatic carbocycles. The smallest absolute Gasteiger partial charge is 0.383 e. The summed E-state index contributed by atoms with van der Waals surface area (Å²) in [4.78, 5) is 26.3. The average Bonchev–Trinajstić information content (AvgIpc) is 3.10. The van der Waals surface area contributed by atoms with Gasteiger partial charge < -0.3 is 21.1 Å². The molecule has 0 radical (unpaired) electrons. The molecule has 4 N–H and O–H groups in total. The summed E-state index contributed by atoms with van der Waals surface area (Å²) in [6.07, 6.45) is -6.64. The van der Waals surface area contributed by atoms with Gasteiger partial charge in [-0.3, -0.25) is 9.59 Å². The van der Waals surface area contributed by atoms with Crippen molar-refractivity contribution in [3.05, 3.63) is 34.3 Å². The van der Waals surface area contributed by atoms with Gasteiger partial charge in [0.05, 0.1) is 5.92 Å². The topological polar surface area (TPSA) is 95.7 Å². The molecule has 0 saturated carbocycles. The lowest BCUT2D eigenvalue weighted by molar-refractivity contribution is -0.172. The summed E-state index contributed by atoms with van der Waals surface area (Å²) in [5.74, 6) is -3.45. The molecule has 0 aliphatic carbocycles. The zero-order valence-electron chi connectivity index (χ0n) is 17.1. The van der Waals surface area contributed by atoms with Crippen molar-refractivity contribution in [2.24, 2.45) is 17.1 Å². The summed E-state index contributed by atoms with van der Waals surface area (Å²) < 4.78 is 39.9. The molecule has 1 fully saturated rings. The van der Waals surface area contributed by atoms with Gasteiger partial charge in [-0.25, -0.2) is 0 Å². The lowest BCUT2D eigenvalue weighted by Crippen LogP contribution is -2.51. The number of rotatable bonds is 5. The molecule has 1 aromatic rings. The molecular formula is C20H27ClF3N3O3. The molecule has 2 amide bonds. The van der Waals surface area contributed by atoms with Crippen LogP contribution in [0.4, 0.5) is 13.2 Å². The minimum atomic E-state index is -4.56. The molecule has 2 rings (SSSR count). The van der Waals surface area contributed by atoms with Crippen molar-refractivity contribution in [3.63, 3.8) is 0 Å². The second-order valence-electron chi connectivity index (χ2n) is 8.58. The number of amides is 2. The molecule has 1 aliphatic rings. The van der Waals surface area contributed by atoms with Gasteiger partial charge >= 0.3 is 6.18 Å². The molecule has 0 aromatic heterocycles. The SMILES string of the molecule is CC(C)(C)[C@H](O)C(=O)N1C[C@@H](C(F)(F)F)C[C@H]1C(=O)NCc1cc(Cl)ccc1CN. The van der Waals surface area contributed by atoms with E-state index in [2.05, 4.69) is 5.32 Å². The maximum Gasteiger partial charge on any atom is 0.393 e. The van der Waals surface area contributed by atoms with Crippen LogP contribution in [-0.2, 0) is 22.7 Å². The van der Waals surface area contributed by atoms with Crippen LogP contribution < -0.4 is 11.1 Å². The van der Waals surface area contributed by atoms with Gasteiger partial charge in [0, 0.05) is 24.7 Å². The minimum absolute atomic E-state index is 0.00294. The maximum atomic E-state index is 13.3. The zero-order chi connectivity index (χ0) is 22.9. The van der Waals surface area contributed by atoms with Gasteiger partial charge in [-0.15, -0.1) is 0 Å². The second kappa shape index (κ2) is 9.11. The zero-order valence-corrected chi connectivity index (χ0v) is 17.8. The van der Waals surface area contributed by atoms with Crippen LogP contribution in [0.15, 0.2) is 18.2 Å². The van der Waals surface area contributed by atoms with E-state index in [-0.39, 0.29) is 13.1 Å². The highest BCUT2D eigenvalue weighted by molar-refractivity contribution is 6.30. The summed E-state index contributed by atoms with van der Waals surface area (Å²) in [6.45, 7) is 4.31. The van der Waals surface area contributed by atoms with Gasteiger partial charge in [-0.1, -0.05) is 38.4 Å². The van der Waals surface area contributed by atoms with Gasteiger partial charge in [-0.05, 0) is 35.1 Å². The number of aliphatic hydroxyl groups excluding tert-OH is 1. The van der Waals surface area contributed by atoms with Crippen LogP contribution >= 0.6 is 11.6 Å². The highest BCUT2D eigenvalue weighted by atomic mass is 35.5. The van der Waals surface area contributed by atoms with Crippen molar-refractivity contribution in [1.29, 1.82) is 0 Å². The Labute approximate surface area is 178 Å². The van der Waals surface area contributed by atoms with E-state index >= 15 is 0 Å². The van der Waals surface area contributed by atoms with Crippen molar-refractivity contribution in [1.82, 2.24) is 10.2 Å². The number of nitrogens with two attached hydrogens (primary N) is 1. The number of alkyl halides is 3. The third-order valence-corrected chi connectivity index (χ3v) is 5.48. The summed E-state index contributed by atoms with van der Waals surface area (Å²) >= 11 is 5.97. The number of carbonyl (C=O) groups is 2. The monoisotopic (exact) mass is 449 g/mol. The van der Waals surface area contributed by atoms with E-state index in [4.69, 9.17) is 17.3 Å². The molecular weight excluding hydrogens is 423 g/mol. The standard InChI is InChI=1S/C20H27ClF3N3O3/c1-19(2,3)16(28)18(30)27-10-13(20(22,23)24)7-15(27)17(29)26-9-12-6-14(21)5-4-11(12)8-25/h4-6,13,15-16,28H,7-10,25H2,1-3H3,(H,26,29)/t13-,15-,16+/m0/s1. The molecule has 1 aliphatic heterocycles. The fourth-order valence-corrected chi connectivity index (χ4v) is 3.55. The van der Waals surface area contributed by atoms with E-state index in [1.54, 1.807) is 39.0 Å². The lowest BCUT2D eigenvalue weighted by Gasteiger charge is -2.31. The Morgan fingerprint density at radius 2 is 1.93 bits per heavy atom. The first-order valence-corrected chi connectivity index (χ1v) is 9.93. The van der Waals surface area contributed by atoms with Crippen LogP contribution in [0.2, 0.25) is 5.02 Å². The third-order valence-electron chi connectivity index (χ3n) is 5.25. The van der Waals surface area contributed by atoms with Crippen LogP contribution in [0.3, 0.4) is 0 Å². The second-order valence-corrected chi connectivity index (χ2v) is 9.02. The Hall–Kier alpha value is -1.84. The Bertz CT molecular complexity index is 796. The minimum Gasteiger partial charge on any atom is -0.383 e. The van der Waals surface area contributed by atoms with Crippen molar-refractivity contribution in [3.8, 4) is 0 Å². The third kappa shape index (κ3) is 5.65. The van der Waals surface area contributed by atoms with Crippen molar-refractivity contribution < 1.29 is 27.9 Å². The van der Waals surface area contributed by atoms with E-state index in [0.29, 0.717) is 10.6 Å². The molecule has 1 saturated heterocycles. The fourth-order valence-electron chi connectivity index (χ4n) is 3.35. The number of carbonyl (C=O) groups excluding carboxylic acids is 2. The number of hydrogen-bond acceptors (Lipinski definition) is 4. The number of nitrogens with zero attached hydrogens (tertiary/aromatic N) is 1. The van der Waals surface area contributed by atoms with Gasteiger partial charge in [0.2, 0.25) is 5.91 Å². The summed E-state index contributed by atoms with van der Waals surface area (Å²) in [5.41, 5.74) is 6.15. The predicted molar refractivity (Wildman–Crippen MR) is 106 cm³/mol. The number of hydrogen-bond donors (Lipinski definition) is 3. The van der Waals surface area contributed by atoms with Crippen LogP contribution in [-0.4, -0.2) is 46.7 Å². The highest BCUT2D eigenvalue weighted by Crippen LogP contribution is 2.38. The van der Waals surface area contributed by atoms with E-state index in [0.717, 1.165) is 10.5 Å². The quantitative estimate of drug-likeness (QED) is 0.644. The van der Waals surface area contributed by atoms with Gasteiger partial charge in [0.15, 0.2) is 0 Å². The van der Waals surface area contributed by atoms with Crippen molar-refractivity contribution in [2.45, 2.75) is 58.6 Å². The number of nitrogens with one attached hydrogen (secondary N) is 1. The lowest BCUT2D eigenvalue weighted by atomic mass is 9.88. The van der Waals surface area contributed by atoms with Gasteiger partial charge in [0.1, 0.15) is 12.1 Å². The molecule has 6 nitrogen and oxygen atoms in total. The van der Waals surface area contributed by atoms with E-state index in [9.17, 15) is 27.9 Å². The average molecular weight is 450 g/mol. The molecule has 0 spiro atoms. The molecule has 3 atom stereocenters. The predicted octanol–water partition coefficient (Wildman–Crippen LogP) is 2.60. The van der Waals surface area contributed by atoms with Crippen molar-refractivity contribution >= 4 is 23.4 Å². The van der Waals surface area contributed by atoms with E-state index < -0.39 is 54.4 Å². The highest BCUT2D eigenvalue weighted by Gasteiger charge is 2.52. The van der Waals surface area contributed by atoms with Crippen molar-refractivity contribution in [2.75, 3.05) is 6.54 Å². The number of halogens is 4. The van der Waals surface area contributed by atoms with Crippen LogP contribution in [0.25, 0.3) is 0 Å². The van der Waals surface area contributed by atoms with Crippen LogP contribution in [0.5, 0.6) is 0 Å². The van der Waals surface area contributed by atoms with Gasteiger partial charge in [-0.2, -0.15) is 13.2 Å². The first-order chi connectivity index (χ1) is 13.8.